The summed E-state index contributed by atoms with van der Waals surface area (Å²) in [6, 6.07) is 15.6. The third-order valence-electron chi connectivity index (χ3n) is 4.30. The van der Waals surface area contributed by atoms with Gasteiger partial charge in [0.1, 0.15) is 0 Å². The second kappa shape index (κ2) is 8.59. The van der Waals surface area contributed by atoms with Gasteiger partial charge >= 0.3 is 0 Å². The summed E-state index contributed by atoms with van der Waals surface area (Å²) < 4.78 is 1.93. The van der Waals surface area contributed by atoms with E-state index >= 15 is 0 Å². The third-order valence-corrected chi connectivity index (χ3v) is 5.56. The maximum Gasteiger partial charge on any atom is 0.233 e. The zero-order valence-corrected chi connectivity index (χ0v) is 17.1. The van der Waals surface area contributed by atoms with Gasteiger partial charge in [0.25, 0.3) is 0 Å². The summed E-state index contributed by atoms with van der Waals surface area (Å²) in [4.78, 5) is 14.2. The van der Waals surface area contributed by atoms with Gasteiger partial charge in [0, 0.05) is 31.2 Å². The van der Waals surface area contributed by atoms with Gasteiger partial charge in [0.2, 0.25) is 5.91 Å². The SMILES string of the molecule is Cc1ccccc1-c1nnc(SCC(=O)N(C)Cc2ccc(Cl)cc2)n1C. The van der Waals surface area contributed by atoms with Gasteiger partial charge in [-0.3, -0.25) is 4.79 Å². The molecule has 140 valence electrons. The molecule has 0 aliphatic heterocycles. The van der Waals surface area contributed by atoms with Crippen molar-refractivity contribution in [3.05, 3.63) is 64.7 Å². The monoisotopic (exact) mass is 400 g/mol. The van der Waals surface area contributed by atoms with E-state index < -0.39 is 0 Å². The highest BCUT2D eigenvalue weighted by Gasteiger charge is 2.16. The van der Waals surface area contributed by atoms with Crippen LogP contribution in [0.25, 0.3) is 11.4 Å². The van der Waals surface area contributed by atoms with E-state index in [1.807, 2.05) is 67.1 Å². The second-order valence-electron chi connectivity index (χ2n) is 6.35. The molecule has 27 heavy (non-hydrogen) atoms. The summed E-state index contributed by atoms with van der Waals surface area (Å²) in [7, 11) is 3.72. The average molecular weight is 401 g/mol. The molecule has 0 bridgehead atoms. The van der Waals surface area contributed by atoms with Crippen molar-refractivity contribution >= 4 is 29.3 Å². The largest absolute Gasteiger partial charge is 0.341 e. The number of nitrogens with zero attached hydrogens (tertiary/aromatic N) is 4. The summed E-state index contributed by atoms with van der Waals surface area (Å²) in [5.41, 5.74) is 3.23. The quantitative estimate of drug-likeness (QED) is 0.582. The van der Waals surface area contributed by atoms with E-state index in [0.29, 0.717) is 17.3 Å². The van der Waals surface area contributed by atoms with Gasteiger partial charge < -0.3 is 9.47 Å². The molecule has 0 saturated carbocycles. The molecule has 2 aromatic carbocycles. The summed E-state index contributed by atoms with van der Waals surface area (Å²) in [5.74, 6) is 1.15. The Hall–Kier alpha value is -2.31. The molecule has 0 spiro atoms. The van der Waals surface area contributed by atoms with Crippen molar-refractivity contribution in [1.29, 1.82) is 0 Å². The first-order valence-corrected chi connectivity index (χ1v) is 9.88. The van der Waals surface area contributed by atoms with E-state index in [0.717, 1.165) is 27.7 Å². The fourth-order valence-corrected chi connectivity index (χ4v) is 3.66. The van der Waals surface area contributed by atoms with Crippen LogP contribution in [0.4, 0.5) is 0 Å². The van der Waals surface area contributed by atoms with Crippen LogP contribution in [0.1, 0.15) is 11.1 Å². The van der Waals surface area contributed by atoms with Gasteiger partial charge in [-0.25, -0.2) is 0 Å². The zero-order valence-electron chi connectivity index (χ0n) is 15.5. The minimum absolute atomic E-state index is 0.0374. The van der Waals surface area contributed by atoms with Crippen LogP contribution < -0.4 is 0 Å². The molecular weight excluding hydrogens is 380 g/mol. The van der Waals surface area contributed by atoms with Crippen LogP contribution in [0.3, 0.4) is 0 Å². The van der Waals surface area contributed by atoms with E-state index in [1.54, 1.807) is 11.9 Å². The van der Waals surface area contributed by atoms with E-state index in [2.05, 4.69) is 10.2 Å². The van der Waals surface area contributed by atoms with Gasteiger partial charge in [-0.05, 0) is 30.2 Å². The number of hydrogen-bond donors (Lipinski definition) is 0. The minimum Gasteiger partial charge on any atom is -0.341 e. The molecule has 0 aliphatic carbocycles. The van der Waals surface area contributed by atoms with Crippen LogP contribution in [0.5, 0.6) is 0 Å². The third kappa shape index (κ3) is 4.70. The maximum atomic E-state index is 12.5. The Balaban J connectivity index is 1.62. The molecule has 3 rings (SSSR count). The molecule has 3 aromatic rings. The molecule has 0 aliphatic rings. The molecular formula is C20H21ClN4OS. The Morgan fingerprint density at radius 3 is 2.56 bits per heavy atom. The van der Waals surface area contributed by atoms with Gasteiger partial charge in [0.05, 0.1) is 5.75 Å². The molecule has 7 heteroatoms. The van der Waals surface area contributed by atoms with Gasteiger partial charge in [0.15, 0.2) is 11.0 Å². The lowest BCUT2D eigenvalue weighted by Crippen LogP contribution is -2.27. The normalized spacial score (nSPS) is 10.8. The molecule has 1 heterocycles. The first kappa shape index (κ1) is 19.5. The molecule has 1 aromatic heterocycles. The van der Waals surface area contributed by atoms with E-state index in [4.69, 9.17) is 11.6 Å². The predicted molar refractivity (Wildman–Crippen MR) is 110 cm³/mol. The number of aromatic nitrogens is 3. The van der Waals surface area contributed by atoms with Crippen molar-refractivity contribution in [2.45, 2.75) is 18.6 Å². The Bertz CT molecular complexity index is 939. The van der Waals surface area contributed by atoms with Gasteiger partial charge in [-0.15, -0.1) is 10.2 Å². The maximum absolute atomic E-state index is 12.5. The average Bonchev–Trinajstić information content (AvgIpc) is 3.02. The van der Waals surface area contributed by atoms with Crippen LogP contribution in [-0.4, -0.2) is 38.4 Å². The number of carbonyl (C=O) groups excluding carboxylic acids is 1. The molecule has 1 amide bonds. The summed E-state index contributed by atoms with van der Waals surface area (Å²) >= 11 is 7.29. The van der Waals surface area contributed by atoms with E-state index in [-0.39, 0.29) is 5.91 Å². The van der Waals surface area contributed by atoms with E-state index in [1.165, 1.54) is 11.8 Å². The molecule has 0 fully saturated rings. The van der Waals surface area contributed by atoms with Crippen molar-refractivity contribution in [2.75, 3.05) is 12.8 Å². The van der Waals surface area contributed by atoms with Crippen molar-refractivity contribution in [3.8, 4) is 11.4 Å². The fraction of sp³-hybridized carbons (Fsp3) is 0.250. The Kier molecular flexibility index (Phi) is 6.19. The predicted octanol–water partition coefficient (Wildman–Crippen LogP) is 4.19. The van der Waals surface area contributed by atoms with Crippen molar-refractivity contribution in [2.24, 2.45) is 7.05 Å². The molecule has 0 radical (unpaired) electrons. The number of rotatable bonds is 6. The highest BCUT2D eigenvalue weighted by molar-refractivity contribution is 7.99. The summed E-state index contributed by atoms with van der Waals surface area (Å²) in [6.07, 6.45) is 0. The molecule has 0 unspecified atom stereocenters. The smallest absolute Gasteiger partial charge is 0.233 e. The van der Waals surface area contributed by atoms with Gasteiger partial charge in [-0.2, -0.15) is 0 Å². The van der Waals surface area contributed by atoms with Crippen LogP contribution in [-0.2, 0) is 18.4 Å². The number of halogens is 1. The second-order valence-corrected chi connectivity index (χ2v) is 7.72. The molecule has 0 atom stereocenters. The fourth-order valence-electron chi connectivity index (χ4n) is 2.69. The van der Waals surface area contributed by atoms with Crippen LogP contribution in [0.2, 0.25) is 5.02 Å². The Morgan fingerprint density at radius 2 is 1.85 bits per heavy atom. The number of aryl methyl sites for hydroxylation is 1. The standard InChI is InChI=1S/C20H21ClN4OS/c1-14-6-4-5-7-17(14)19-22-23-20(25(19)3)27-13-18(26)24(2)12-15-8-10-16(21)11-9-15/h4-11H,12-13H2,1-3H3. The molecule has 5 nitrogen and oxygen atoms in total. The first-order valence-electron chi connectivity index (χ1n) is 8.52. The lowest BCUT2D eigenvalue weighted by atomic mass is 10.1. The van der Waals surface area contributed by atoms with Crippen LogP contribution >= 0.6 is 23.4 Å². The molecule has 0 N–H and O–H groups in total. The molecule has 0 saturated heterocycles. The van der Waals surface area contributed by atoms with Crippen molar-refractivity contribution in [3.63, 3.8) is 0 Å². The topological polar surface area (TPSA) is 51.0 Å². The number of thioether (sulfide) groups is 1. The summed E-state index contributed by atoms with van der Waals surface area (Å²) in [6.45, 7) is 2.59. The highest BCUT2D eigenvalue weighted by Crippen LogP contribution is 2.25. The number of benzene rings is 2. The van der Waals surface area contributed by atoms with Gasteiger partial charge in [-0.1, -0.05) is 59.8 Å². The lowest BCUT2D eigenvalue weighted by molar-refractivity contribution is -0.127. The van der Waals surface area contributed by atoms with Crippen LogP contribution in [0, 0.1) is 6.92 Å². The first-order chi connectivity index (χ1) is 13.0. The lowest BCUT2D eigenvalue weighted by Gasteiger charge is -2.17. The number of carbonyl (C=O) groups is 1. The Labute approximate surface area is 168 Å². The van der Waals surface area contributed by atoms with Crippen molar-refractivity contribution in [1.82, 2.24) is 19.7 Å². The number of amides is 1. The highest BCUT2D eigenvalue weighted by atomic mass is 35.5. The van der Waals surface area contributed by atoms with Crippen LogP contribution in [0.15, 0.2) is 53.7 Å². The summed E-state index contributed by atoms with van der Waals surface area (Å²) in [5, 5.41) is 9.96. The van der Waals surface area contributed by atoms with Crippen molar-refractivity contribution < 1.29 is 4.79 Å². The Morgan fingerprint density at radius 1 is 1.15 bits per heavy atom. The zero-order chi connectivity index (χ0) is 19.4. The number of hydrogen-bond acceptors (Lipinski definition) is 4. The van der Waals surface area contributed by atoms with E-state index in [9.17, 15) is 4.79 Å². The minimum atomic E-state index is 0.0374.